The molecule has 0 bridgehead atoms. The number of pyridine rings is 1. The maximum Gasteiger partial charge on any atom is 0.274 e. The van der Waals surface area contributed by atoms with Crippen LogP contribution in [0.2, 0.25) is 0 Å². The van der Waals surface area contributed by atoms with E-state index in [-0.39, 0.29) is 18.5 Å². The Morgan fingerprint density at radius 3 is 2.93 bits per heavy atom. The maximum absolute atomic E-state index is 13.5. The number of aromatic amines is 1. The van der Waals surface area contributed by atoms with E-state index in [9.17, 15) is 18.9 Å². The van der Waals surface area contributed by atoms with Crippen LogP contribution >= 0.6 is 0 Å². The molecule has 0 aliphatic carbocycles. The fraction of sp³-hybridized carbons (Fsp3) is 0.421. The van der Waals surface area contributed by atoms with Gasteiger partial charge in [0.25, 0.3) is 11.7 Å². The highest BCUT2D eigenvalue weighted by atomic mass is 19.1. The molecule has 2 unspecified atom stereocenters. The van der Waals surface area contributed by atoms with E-state index in [2.05, 4.69) is 15.6 Å². The summed E-state index contributed by atoms with van der Waals surface area (Å²) >= 11 is 0. The van der Waals surface area contributed by atoms with Gasteiger partial charge in [-0.3, -0.25) is 14.9 Å². The van der Waals surface area contributed by atoms with E-state index in [0.29, 0.717) is 23.0 Å². The molecule has 3 rings (SSSR count). The number of carbonyl (C=O) groups excluding carboxylic acids is 1. The third kappa shape index (κ3) is 3.92. The lowest BCUT2D eigenvalue weighted by Gasteiger charge is -2.24. The summed E-state index contributed by atoms with van der Waals surface area (Å²) in [5.41, 5.74) is 0.890. The predicted octanol–water partition coefficient (Wildman–Crippen LogP) is 0.871. The summed E-state index contributed by atoms with van der Waals surface area (Å²) in [7, 11) is 0. The number of rotatable bonds is 4. The Kier molecular flexibility index (Phi) is 5.51. The van der Waals surface area contributed by atoms with Crippen molar-refractivity contribution in [3.63, 3.8) is 0 Å². The fourth-order valence-corrected chi connectivity index (χ4v) is 3.50. The van der Waals surface area contributed by atoms with Gasteiger partial charge in [0.1, 0.15) is 17.8 Å². The van der Waals surface area contributed by atoms with Crippen molar-refractivity contribution in [3.8, 4) is 6.07 Å². The molecule has 1 aliphatic rings. The number of halogens is 1. The Labute approximate surface area is 160 Å². The fourth-order valence-electron chi connectivity index (χ4n) is 3.50. The molecule has 1 fully saturated rings. The van der Waals surface area contributed by atoms with E-state index in [4.69, 9.17) is 5.26 Å². The lowest BCUT2D eigenvalue weighted by atomic mass is 10.0. The molecule has 28 heavy (non-hydrogen) atoms. The second kappa shape index (κ2) is 7.86. The smallest absolute Gasteiger partial charge is 0.274 e. The number of H-pyrrole nitrogens is 1. The van der Waals surface area contributed by atoms with Gasteiger partial charge in [0.15, 0.2) is 0 Å². The van der Waals surface area contributed by atoms with Gasteiger partial charge in [-0.25, -0.2) is 4.39 Å². The molecule has 1 aromatic carbocycles. The summed E-state index contributed by atoms with van der Waals surface area (Å²) < 4.78 is 14.3. The van der Waals surface area contributed by atoms with Crippen molar-refractivity contribution < 1.29 is 13.9 Å². The third-order valence-electron chi connectivity index (χ3n) is 5.03. The van der Waals surface area contributed by atoms with Gasteiger partial charge >= 0.3 is 0 Å². The number of nitrogens with one attached hydrogen (secondary N) is 3. The van der Waals surface area contributed by atoms with Crippen molar-refractivity contribution in [1.29, 1.82) is 5.26 Å². The van der Waals surface area contributed by atoms with Gasteiger partial charge in [-0.1, -0.05) is 0 Å². The average Bonchev–Trinajstić information content (AvgIpc) is 2.65. The number of amides is 1. The number of nitriles is 1. The van der Waals surface area contributed by atoms with Gasteiger partial charge in [0.2, 0.25) is 12.5 Å². The van der Waals surface area contributed by atoms with Gasteiger partial charge in [0.05, 0.1) is 12.5 Å². The number of carbonyl (C=O) groups is 1. The van der Waals surface area contributed by atoms with Crippen LogP contribution in [0.25, 0.3) is 10.9 Å². The molecule has 8 nitrogen and oxygen atoms in total. The second-order valence-electron chi connectivity index (χ2n) is 7.06. The number of aromatic nitrogens is 1. The highest BCUT2D eigenvalue weighted by Crippen LogP contribution is 2.19. The van der Waals surface area contributed by atoms with Crippen LogP contribution in [-0.2, 0) is 11.2 Å². The molecule has 0 saturated carbocycles. The summed E-state index contributed by atoms with van der Waals surface area (Å²) in [6.45, 7) is 3.80. The molecule has 1 aliphatic heterocycles. The summed E-state index contributed by atoms with van der Waals surface area (Å²) in [4.78, 5) is 39.6. The van der Waals surface area contributed by atoms with Crippen molar-refractivity contribution in [1.82, 2.24) is 15.6 Å². The lowest BCUT2D eigenvalue weighted by Crippen LogP contribution is -2.59. The van der Waals surface area contributed by atoms with Crippen LogP contribution in [0.15, 0.2) is 23.0 Å². The molecule has 1 saturated heterocycles. The van der Waals surface area contributed by atoms with Gasteiger partial charge < -0.3 is 10.3 Å². The minimum atomic E-state index is -0.654. The third-order valence-corrected chi connectivity index (χ3v) is 5.03. The molecule has 1 aromatic heterocycles. The SMILES string of the molecule is Cc1c(CC(=O)N[C@H](C)C2NCC(C#N)C[N+]2=O)c(=O)[nH]c2ccc(F)cc12. The lowest BCUT2D eigenvalue weighted by molar-refractivity contribution is -0.608. The Bertz CT molecular complexity index is 1040. The zero-order valence-corrected chi connectivity index (χ0v) is 15.6. The van der Waals surface area contributed by atoms with E-state index >= 15 is 0 Å². The van der Waals surface area contributed by atoms with Crippen LogP contribution in [0.1, 0.15) is 18.1 Å². The molecule has 146 valence electrons. The summed E-state index contributed by atoms with van der Waals surface area (Å²) in [6, 6.07) is 5.57. The van der Waals surface area contributed by atoms with Crippen LogP contribution in [0.5, 0.6) is 0 Å². The van der Waals surface area contributed by atoms with Gasteiger partial charge in [-0.15, -0.1) is 0 Å². The molecule has 1 amide bonds. The van der Waals surface area contributed by atoms with Gasteiger partial charge in [-0.05, 0) is 37.6 Å². The normalized spacial score (nSPS) is 20.6. The van der Waals surface area contributed by atoms with Crippen molar-refractivity contribution in [2.75, 3.05) is 13.1 Å². The van der Waals surface area contributed by atoms with E-state index < -0.39 is 35.4 Å². The molecular weight excluding hydrogens is 365 g/mol. The first-order valence-electron chi connectivity index (χ1n) is 8.97. The van der Waals surface area contributed by atoms with E-state index in [1.165, 1.54) is 18.2 Å². The molecule has 0 spiro atoms. The Morgan fingerprint density at radius 1 is 1.50 bits per heavy atom. The Balaban J connectivity index is 1.74. The maximum atomic E-state index is 13.5. The molecule has 2 aromatic rings. The largest absolute Gasteiger partial charge is 0.345 e. The van der Waals surface area contributed by atoms with E-state index in [1.54, 1.807) is 13.8 Å². The van der Waals surface area contributed by atoms with E-state index in [1.807, 2.05) is 6.07 Å². The van der Waals surface area contributed by atoms with Gasteiger partial charge in [0, 0.05) is 32.7 Å². The Morgan fingerprint density at radius 2 is 2.25 bits per heavy atom. The number of hydrogen-bond acceptors (Lipinski definition) is 5. The first-order chi connectivity index (χ1) is 13.3. The van der Waals surface area contributed by atoms with Gasteiger partial charge in [-0.2, -0.15) is 5.26 Å². The predicted molar refractivity (Wildman–Crippen MR) is 100.0 cm³/mol. The number of fused-ring (bicyclic) bond motifs is 1. The second-order valence-corrected chi connectivity index (χ2v) is 7.06. The average molecular weight is 386 g/mol. The molecule has 9 heteroatoms. The number of nitrogens with zero attached hydrogens (tertiary/aromatic N) is 2. The number of nitroso groups, excluding NO2 is 1. The highest BCUT2D eigenvalue weighted by Gasteiger charge is 2.39. The summed E-state index contributed by atoms with van der Waals surface area (Å²) in [6.07, 6.45) is -0.844. The van der Waals surface area contributed by atoms with Crippen LogP contribution < -0.4 is 16.2 Å². The molecule has 2 heterocycles. The van der Waals surface area contributed by atoms with Crippen LogP contribution in [0.4, 0.5) is 4.39 Å². The number of aryl methyl sites for hydroxylation is 1. The standard InChI is InChI=1S/C19H20FN5O3/c1-10-14-5-13(20)3-4-16(14)24-19(27)15(10)6-17(26)23-11(2)18-22-8-12(7-21)9-25(18)28/h3-5,11-12,18,22H,6,8-9H2,1-2H3,(H-,23,24,26,27)/p+1/t11-,12?,18?/m1/s1. The number of benzene rings is 1. The van der Waals surface area contributed by atoms with Crippen LogP contribution in [-0.4, -0.2) is 40.9 Å². The summed E-state index contributed by atoms with van der Waals surface area (Å²) in [5, 5.41) is 15.1. The highest BCUT2D eigenvalue weighted by molar-refractivity contribution is 5.85. The molecule has 3 N–H and O–H groups in total. The molecule has 3 atom stereocenters. The minimum absolute atomic E-state index is 0.0728. The minimum Gasteiger partial charge on any atom is -0.345 e. The van der Waals surface area contributed by atoms with Crippen molar-refractivity contribution >= 4 is 16.8 Å². The monoisotopic (exact) mass is 386 g/mol. The van der Waals surface area contributed by atoms with Crippen LogP contribution in [0, 0.1) is 34.9 Å². The molecular formula is C19H21FN5O3+. The first-order valence-corrected chi connectivity index (χ1v) is 8.97. The van der Waals surface area contributed by atoms with E-state index in [0.717, 1.165) is 4.76 Å². The van der Waals surface area contributed by atoms with Crippen LogP contribution in [0.3, 0.4) is 0 Å². The number of hydrogen-bond donors (Lipinski definition) is 3. The van der Waals surface area contributed by atoms with Crippen molar-refractivity contribution in [3.05, 3.63) is 50.4 Å². The molecule has 0 radical (unpaired) electrons. The summed E-state index contributed by atoms with van der Waals surface area (Å²) in [5.74, 6) is -1.24. The zero-order valence-electron chi connectivity index (χ0n) is 15.6. The zero-order chi connectivity index (χ0) is 20.4. The van der Waals surface area contributed by atoms with Crippen molar-refractivity contribution in [2.24, 2.45) is 5.92 Å². The topological polar surface area (TPSA) is 118 Å². The quantitative estimate of drug-likeness (QED) is 0.674. The van der Waals surface area contributed by atoms with Crippen molar-refractivity contribution in [2.45, 2.75) is 32.5 Å². The Hall–Kier alpha value is -3.12. The first kappa shape index (κ1) is 19.6.